The van der Waals surface area contributed by atoms with Gasteiger partial charge in [-0.2, -0.15) is 5.10 Å². The van der Waals surface area contributed by atoms with Gasteiger partial charge < -0.3 is 9.73 Å². The number of likely N-dealkylation sites (tertiary alicyclic amines) is 1. The lowest BCUT2D eigenvalue weighted by Gasteiger charge is -2.20. The molecule has 1 fully saturated rings. The number of hydrogen-bond donors (Lipinski definition) is 2. The minimum atomic E-state index is -0.0552. The van der Waals surface area contributed by atoms with Crippen LogP contribution in [0.4, 0.5) is 0 Å². The van der Waals surface area contributed by atoms with Crippen molar-refractivity contribution >= 4 is 5.91 Å². The monoisotopic (exact) mass is 351 g/mol. The van der Waals surface area contributed by atoms with E-state index >= 15 is 0 Å². The zero-order valence-corrected chi connectivity index (χ0v) is 14.6. The molecule has 1 saturated heterocycles. The maximum Gasteiger partial charge on any atom is 0.251 e. The second kappa shape index (κ2) is 7.13. The van der Waals surface area contributed by atoms with Gasteiger partial charge in [-0.05, 0) is 37.6 Å². The first-order chi connectivity index (χ1) is 12.7. The number of furan rings is 1. The molecule has 3 aromatic rings. The SMILES string of the molecule is Cc1nc([C@@H]2C[C@H](NC(=O)c3ccccc3)CN2Cc2ccco2)n[nH]1. The third kappa shape index (κ3) is 3.52. The molecular weight excluding hydrogens is 330 g/mol. The highest BCUT2D eigenvalue weighted by Crippen LogP contribution is 2.31. The Hall–Kier alpha value is -2.93. The van der Waals surface area contributed by atoms with Gasteiger partial charge in [0, 0.05) is 18.2 Å². The lowest BCUT2D eigenvalue weighted by molar-refractivity contribution is 0.0937. The summed E-state index contributed by atoms with van der Waals surface area (Å²) in [4.78, 5) is 19.2. The van der Waals surface area contributed by atoms with E-state index in [1.54, 1.807) is 6.26 Å². The summed E-state index contributed by atoms with van der Waals surface area (Å²) >= 11 is 0. The molecule has 0 aliphatic carbocycles. The highest BCUT2D eigenvalue weighted by molar-refractivity contribution is 5.94. The number of nitrogens with zero attached hydrogens (tertiary/aromatic N) is 3. The van der Waals surface area contributed by atoms with Crippen LogP contribution in [0.2, 0.25) is 0 Å². The molecule has 134 valence electrons. The molecule has 1 aliphatic heterocycles. The Balaban J connectivity index is 1.50. The summed E-state index contributed by atoms with van der Waals surface area (Å²) in [5, 5.41) is 10.4. The number of H-pyrrole nitrogens is 1. The van der Waals surface area contributed by atoms with Crippen molar-refractivity contribution in [3.05, 3.63) is 71.7 Å². The second-order valence-electron chi connectivity index (χ2n) is 6.58. The summed E-state index contributed by atoms with van der Waals surface area (Å²) in [6.07, 6.45) is 2.43. The molecule has 2 aromatic heterocycles. The van der Waals surface area contributed by atoms with Gasteiger partial charge in [-0.25, -0.2) is 4.98 Å². The summed E-state index contributed by atoms with van der Waals surface area (Å²) < 4.78 is 5.49. The quantitative estimate of drug-likeness (QED) is 0.737. The van der Waals surface area contributed by atoms with E-state index < -0.39 is 0 Å². The Labute approximate surface area is 151 Å². The molecular formula is C19H21N5O2. The van der Waals surface area contributed by atoms with E-state index in [1.165, 1.54) is 0 Å². The number of aryl methyl sites for hydroxylation is 1. The first-order valence-electron chi connectivity index (χ1n) is 8.70. The molecule has 1 aromatic carbocycles. The second-order valence-corrected chi connectivity index (χ2v) is 6.58. The van der Waals surface area contributed by atoms with E-state index in [9.17, 15) is 4.79 Å². The van der Waals surface area contributed by atoms with Crippen molar-refractivity contribution in [2.24, 2.45) is 0 Å². The summed E-state index contributed by atoms with van der Waals surface area (Å²) in [7, 11) is 0. The van der Waals surface area contributed by atoms with Crippen LogP contribution in [0.15, 0.2) is 53.1 Å². The van der Waals surface area contributed by atoms with Crippen LogP contribution in [-0.2, 0) is 6.54 Å². The summed E-state index contributed by atoms with van der Waals surface area (Å²) in [6, 6.07) is 13.2. The molecule has 1 amide bonds. The Morgan fingerprint density at radius 3 is 2.85 bits per heavy atom. The van der Waals surface area contributed by atoms with E-state index in [4.69, 9.17) is 4.42 Å². The van der Waals surface area contributed by atoms with Gasteiger partial charge in [0.15, 0.2) is 5.82 Å². The van der Waals surface area contributed by atoms with Crippen molar-refractivity contribution in [3.8, 4) is 0 Å². The number of carbonyl (C=O) groups is 1. The van der Waals surface area contributed by atoms with Gasteiger partial charge in [0.2, 0.25) is 0 Å². The third-order valence-corrected chi connectivity index (χ3v) is 4.63. The fourth-order valence-corrected chi connectivity index (χ4v) is 3.42. The van der Waals surface area contributed by atoms with Crippen LogP contribution >= 0.6 is 0 Å². The van der Waals surface area contributed by atoms with Gasteiger partial charge in [0.1, 0.15) is 11.6 Å². The predicted molar refractivity (Wildman–Crippen MR) is 95.3 cm³/mol. The van der Waals surface area contributed by atoms with Gasteiger partial charge in [-0.1, -0.05) is 18.2 Å². The van der Waals surface area contributed by atoms with Gasteiger partial charge in [0.25, 0.3) is 5.91 Å². The maximum atomic E-state index is 12.5. The molecule has 0 unspecified atom stereocenters. The molecule has 0 bridgehead atoms. The van der Waals surface area contributed by atoms with Crippen molar-refractivity contribution in [3.63, 3.8) is 0 Å². The lowest BCUT2D eigenvalue weighted by Crippen LogP contribution is -2.36. The van der Waals surface area contributed by atoms with Crippen LogP contribution in [0.3, 0.4) is 0 Å². The first kappa shape index (κ1) is 16.5. The van der Waals surface area contributed by atoms with Gasteiger partial charge in [-0.15, -0.1) is 0 Å². The fourth-order valence-electron chi connectivity index (χ4n) is 3.42. The number of amides is 1. The van der Waals surface area contributed by atoms with E-state index in [-0.39, 0.29) is 18.0 Å². The lowest BCUT2D eigenvalue weighted by atomic mass is 10.1. The minimum Gasteiger partial charge on any atom is -0.468 e. The van der Waals surface area contributed by atoms with E-state index in [0.717, 1.165) is 30.4 Å². The Morgan fingerprint density at radius 2 is 2.15 bits per heavy atom. The fraction of sp³-hybridized carbons (Fsp3) is 0.316. The molecule has 7 heteroatoms. The molecule has 7 nitrogen and oxygen atoms in total. The number of aromatic nitrogens is 3. The van der Waals surface area contributed by atoms with Crippen LogP contribution in [0, 0.1) is 6.92 Å². The highest BCUT2D eigenvalue weighted by atomic mass is 16.3. The van der Waals surface area contributed by atoms with E-state index in [1.807, 2.05) is 49.4 Å². The van der Waals surface area contributed by atoms with Crippen molar-refractivity contribution in [2.75, 3.05) is 6.54 Å². The van der Waals surface area contributed by atoms with Gasteiger partial charge in [0.05, 0.1) is 18.8 Å². The Morgan fingerprint density at radius 1 is 1.31 bits per heavy atom. The molecule has 2 atom stereocenters. The largest absolute Gasteiger partial charge is 0.468 e. The zero-order valence-electron chi connectivity index (χ0n) is 14.6. The molecule has 0 saturated carbocycles. The van der Waals surface area contributed by atoms with Crippen molar-refractivity contribution in [1.29, 1.82) is 0 Å². The topological polar surface area (TPSA) is 87.1 Å². The number of nitrogens with one attached hydrogen (secondary N) is 2. The molecule has 3 heterocycles. The van der Waals surface area contributed by atoms with Crippen LogP contribution < -0.4 is 5.32 Å². The summed E-state index contributed by atoms with van der Waals surface area (Å²) in [5.41, 5.74) is 0.669. The molecule has 4 rings (SSSR count). The molecule has 0 spiro atoms. The standard InChI is InChI=1S/C19H21N5O2/c1-13-20-18(23-22-13)17-10-15(11-24(17)12-16-8-5-9-26-16)21-19(25)14-6-3-2-4-7-14/h2-9,15,17H,10-12H2,1H3,(H,21,25)(H,20,22,23)/t15-,17-/m0/s1. The predicted octanol–water partition coefficient (Wildman–Crippen LogP) is 2.45. The maximum absolute atomic E-state index is 12.5. The smallest absolute Gasteiger partial charge is 0.251 e. The Bertz CT molecular complexity index is 859. The molecule has 0 radical (unpaired) electrons. The van der Waals surface area contributed by atoms with Crippen LogP contribution in [-0.4, -0.2) is 38.6 Å². The molecule has 2 N–H and O–H groups in total. The van der Waals surface area contributed by atoms with Crippen molar-refractivity contribution in [2.45, 2.75) is 32.0 Å². The zero-order chi connectivity index (χ0) is 17.9. The molecule has 1 aliphatic rings. The van der Waals surface area contributed by atoms with Crippen molar-refractivity contribution < 1.29 is 9.21 Å². The number of rotatable bonds is 5. The normalized spacial score (nSPS) is 20.3. The van der Waals surface area contributed by atoms with Crippen molar-refractivity contribution in [1.82, 2.24) is 25.4 Å². The van der Waals surface area contributed by atoms with E-state index in [0.29, 0.717) is 12.1 Å². The highest BCUT2D eigenvalue weighted by Gasteiger charge is 2.36. The summed E-state index contributed by atoms with van der Waals surface area (Å²) in [5.74, 6) is 2.37. The minimum absolute atomic E-state index is 0.0291. The van der Waals surface area contributed by atoms with Crippen LogP contribution in [0.5, 0.6) is 0 Å². The number of aromatic amines is 1. The third-order valence-electron chi connectivity index (χ3n) is 4.63. The number of benzene rings is 1. The van der Waals surface area contributed by atoms with Gasteiger partial charge >= 0.3 is 0 Å². The summed E-state index contributed by atoms with van der Waals surface area (Å²) in [6.45, 7) is 3.26. The average molecular weight is 351 g/mol. The van der Waals surface area contributed by atoms with Gasteiger partial charge in [-0.3, -0.25) is 14.8 Å². The van der Waals surface area contributed by atoms with Crippen LogP contribution in [0.1, 0.15) is 40.2 Å². The number of hydrogen-bond acceptors (Lipinski definition) is 5. The average Bonchev–Trinajstić information content (AvgIpc) is 3.38. The number of carbonyl (C=O) groups excluding carboxylic acids is 1. The Kier molecular flexibility index (Phi) is 4.53. The van der Waals surface area contributed by atoms with Crippen LogP contribution in [0.25, 0.3) is 0 Å². The van der Waals surface area contributed by atoms with E-state index in [2.05, 4.69) is 25.4 Å². The first-order valence-corrected chi connectivity index (χ1v) is 8.70. The molecule has 26 heavy (non-hydrogen) atoms.